The van der Waals surface area contributed by atoms with Gasteiger partial charge in [-0.3, -0.25) is 0 Å². The largest absolute Gasteiger partial charge is 0.317 e. The van der Waals surface area contributed by atoms with Gasteiger partial charge in [-0.2, -0.15) is 0 Å². The summed E-state index contributed by atoms with van der Waals surface area (Å²) in [6, 6.07) is 5.06. The van der Waals surface area contributed by atoms with Crippen LogP contribution in [0.4, 0.5) is 8.78 Å². The van der Waals surface area contributed by atoms with Crippen LogP contribution in [-0.2, 0) is 6.42 Å². The lowest BCUT2D eigenvalue weighted by atomic mass is 9.89. The van der Waals surface area contributed by atoms with Crippen LogP contribution in [0.1, 0.15) is 30.4 Å². The van der Waals surface area contributed by atoms with Crippen LogP contribution < -0.4 is 5.32 Å². The van der Waals surface area contributed by atoms with Crippen LogP contribution in [0.5, 0.6) is 0 Å². The standard InChI is InChI=1S/C13H16ClF2N/c14-11-3-1-2-10(12(11)13(15)16)8-9-4-6-17-7-5-9/h1-3,9,13,17H,4-8H2. The lowest BCUT2D eigenvalue weighted by molar-refractivity contribution is 0.150. The van der Waals surface area contributed by atoms with Crippen molar-refractivity contribution >= 4 is 11.6 Å². The van der Waals surface area contributed by atoms with Gasteiger partial charge in [0.2, 0.25) is 0 Å². The minimum Gasteiger partial charge on any atom is -0.317 e. The minimum atomic E-state index is -2.49. The highest BCUT2D eigenvalue weighted by molar-refractivity contribution is 6.31. The fraction of sp³-hybridized carbons (Fsp3) is 0.538. The van der Waals surface area contributed by atoms with Crippen LogP contribution in [0.25, 0.3) is 0 Å². The summed E-state index contributed by atoms with van der Waals surface area (Å²) in [5.74, 6) is 0.493. The molecule has 1 aliphatic rings. The van der Waals surface area contributed by atoms with E-state index in [0.29, 0.717) is 17.9 Å². The Bertz CT molecular complexity index is 376. The summed E-state index contributed by atoms with van der Waals surface area (Å²) >= 11 is 5.85. The molecule has 1 nitrogen and oxygen atoms in total. The molecule has 0 unspecified atom stereocenters. The van der Waals surface area contributed by atoms with Crippen molar-refractivity contribution < 1.29 is 8.78 Å². The Morgan fingerprint density at radius 2 is 2.00 bits per heavy atom. The molecule has 17 heavy (non-hydrogen) atoms. The van der Waals surface area contributed by atoms with Gasteiger partial charge in [0.1, 0.15) is 0 Å². The van der Waals surface area contributed by atoms with Crippen LogP contribution >= 0.6 is 11.6 Å². The van der Waals surface area contributed by atoms with E-state index < -0.39 is 6.43 Å². The van der Waals surface area contributed by atoms with Crippen LogP contribution in [0.2, 0.25) is 5.02 Å². The average Bonchev–Trinajstić information content (AvgIpc) is 2.30. The average molecular weight is 260 g/mol. The minimum absolute atomic E-state index is 0.0210. The lowest BCUT2D eigenvalue weighted by Crippen LogP contribution is -2.28. The first-order chi connectivity index (χ1) is 8.18. The molecular formula is C13H16ClF2N. The van der Waals surface area contributed by atoms with Crippen LogP contribution in [0.3, 0.4) is 0 Å². The molecule has 1 heterocycles. The maximum atomic E-state index is 12.9. The van der Waals surface area contributed by atoms with E-state index in [1.807, 2.05) is 0 Å². The molecule has 2 rings (SSSR count). The van der Waals surface area contributed by atoms with Crippen molar-refractivity contribution in [2.75, 3.05) is 13.1 Å². The normalized spacial score (nSPS) is 17.6. The molecule has 0 amide bonds. The highest BCUT2D eigenvalue weighted by Gasteiger charge is 2.20. The van der Waals surface area contributed by atoms with Gasteiger partial charge in [-0.15, -0.1) is 0 Å². The second-order valence-corrected chi connectivity index (χ2v) is 4.92. The highest BCUT2D eigenvalue weighted by atomic mass is 35.5. The molecule has 1 aliphatic heterocycles. The maximum absolute atomic E-state index is 12.9. The van der Waals surface area contributed by atoms with Gasteiger partial charge in [0.15, 0.2) is 0 Å². The van der Waals surface area contributed by atoms with Gasteiger partial charge in [-0.25, -0.2) is 8.78 Å². The molecule has 1 saturated heterocycles. The van der Waals surface area contributed by atoms with Crippen LogP contribution in [0, 0.1) is 5.92 Å². The predicted octanol–water partition coefficient (Wildman–Crippen LogP) is 3.82. The SMILES string of the molecule is FC(F)c1c(Cl)cccc1CC1CCNCC1. The Hall–Kier alpha value is -0.670. The van der Waals surface area contributed by atoms with E-state index in [4.69, 9.17) is 11.6 Å². The predicted molar refractivity (Wildman–Crippen MR) is 65.7 cm³/mol. The number of hydrogen-bond donors (Lipinski definition) is 1. The second kappa shape index (κ2) is 5.78. The molecule has 0 saturated carbocycles. The third-order valence-electron chi connectivity index (χ3n) is 3.33. The number of rotatable bonds is 3. The van der Waals surface area contributed by atoms with E-state index >= 15 is 0 Å². The van der Waals surface area contributed by atoms with Gasteiger partial charge in [-0.1, -0.05) is 23.7 Å². The molecule has 1 aromatic rings. The second-order valence-electron chi connectivity index (χ2n) is 4.51. The van der Waals surface area contributed by atoms with Crippen molar-refractivity contribution in [3.05, 3.63) is 34.3 Å². The zero-order valence-electron chi connectivity index (χ0n) is 9.56. The zero-order valence-corrected chi connectivity index (χ0v) is 10.3. The van der Waals surface area contributed by atoms with Crippen molar-refractivity contribution in [1.82, 2.24) is 5.32 Å². The molecule has 1 aromatic carbocycles. The van der Waals surface area contributed by atoms with Crippen molar-refractivity contribution in [3.8, 4) is 0 Å². The molecule has 94 valence electrons. The van der Waals surface area contributed by atoms with Crippen molar-refractivity contribution in [2.45, 2.75) is 25.7 Å². The number of hydrogen-bond acceptors (Lipinski definition) is 1. The summed E-state index contributed by atoms with van der Waals surface area (Å²) in [6.45, 7) is 1.96. The summed E-state index contributed by atoms with van der Waals surface area (Å²) in [7, 11) is 0. The molecule has 0 radical (unpaired) electrons. The highest BCUT2D eigenvalue weighted by Crippen LogP contribution is 2.32. The van der Waals surface area contributed by atoms with E-state index in [0.717, 1.165) is 25.9 Å². The summed E-state index contributed by atoms with van der Waals surface area (Å²) in [5.41, 5.74) is 0.729. The molecule has 1 fully saturated rings. The van der Waals surface area contributed by atoms with Crippen molar-refractivity contribution in [2.24, 2.45) is 5.92 Å². The number of piperidine rings is 1. The molecular weight excluding hydrogens is 244 g/mol. The molecule has 0 aliphatic carbocycles. The first-order valence-electron chi connectivity index (χ1n) is 5.94. The number of nitrogens with one attached hydrogen (secondary N) is 1. The molecule has 1 N–H and O–H groups in total. The number of benzene rings is 1. The van der Waals surface area contributed by atoms with Crippen LogP contribution in [0.15, 0.2) is 18.2 Å². The Balaban J connectivity index is 2.16. The lowest BCUT2D eigenvalue weighted by Gasteiger charge is -2.23. The monoisotopic (exact) mass is 259 g/mol. The summed E-state index contributed by atoms with van der Waals surface area (Å²) in [6.07, 6.45) is 0.326. The van der Waals surface area contributed by atoms with E-state index in [-0.39, 0.29) is 10.6 Å². The van der Waals surface area contributed by atoms with E-state index in [9.17, 15) is 8.78 Å². The molecule has 0 aromatic heterocycles. The first-order valence-corrected chi connectivity index (χ1v) is 6.32. The van der Waals surface area contributed by atoms with Gasteiger partial charge < -0.3 is 5.32 Å². The molecule has 4 heteroatoms. The molecule has 0 atom stereocenters. The smallest absolute Gasteiger partial charge is 0.265 e. The van der Waals surface area contributed by atoms with E-state index in [1.54, 1.807) is 12.1 Å². The van der Waals surface area contributed by atoms with Gasteiger partial charge in [0.05, 0.1) is 0 Å². The summed E-state index contributed by atoms with van der Waals surface area (Å²) in [5, 5.41) is 3.46. The Labute approximate surface area is 105 Å². The van der Waals surface area contributed by atoms with Gasteiger partial charge in [0.25, 0.3) is 6.43 Å². The van der Waals surface area contributed by atoms with E-state index in [1.165, 1.54) is 6.07 Å². The Morgan fingerprint density at radius 3 is 2.65 bits per heavy atom. The third-order valence-corrected chi connectivity index (χ3v) is 3.66. The Kier molecular flexibility index (Phi) is 4.35. The van der Waals surface area contributed by atoms with E-state index in [2.05, 4.69) is 5.32 Å². The quantitative estimate of drug-likeness (QED) is 0.870. The first kappa shape index (κ1) is 12.8. The third kappa shape index (κ3) is 3.17. The summed E-state index contributed by atoms with van der Waals surface area (Å²) in [4.78, 5) is 0. The topological polar surface area (TPSA) is 12.0 Å². The molecule has 0 spiro atoms. The zero-order chi connectivity index (χ0) is 12.3. The molecule has 0 bridgehead atoms. The number of halogens is 3. The summed E-state index contributed by atoms with van der Waals surface area (Å²) < 4.78 is 25.9. The van der Waals surface area contributed by atoms with Crippen LogP contribution in [-0.4, -0.2) is 13.1 Å². The van der Waals surface area contributed by atoms with Crippen molar-refractivity contribution in [1.29, 1.82) is 0 Å². The Morgan fingerprint density at radius 1 is 1.29 bits per heavy atom. The van der Waals surface area contributed by atoms with Gasteiger partial charge in [0, 0.05) is 10.6 Å². The maximum Gasteiger partial charge on any atom is 0.265 e. The van der Waals surface area contributed by atoms with Gasteiger partial charge >= 0.3 is 0 Å². The van der Waals surface area contributed by atoms with Gasteiger partial charge in [-0.05, 0) is 49.9 Å². The fourth-order valence-electron chi connectivity index (χ4n) is 2.40. The number of alkyl halides is 2. The van der Waals surface area contributed by atoms with Crippen molar-refractivity contribution in [3.63, 3.8) is 0 Å². The fourth-order valence-corrected chi connectivity index (χ4v) is 2.68.